The molecule has 0 aliphatic rings. The van der Waals surface area contributed by atoms with Gasteiger partial charge in [0.15, 0.2) is 0 Å². The van der Waals surface area contributed by atoms with E-state index < -0.39 is 10.0 Å². The molecular formula is C16H26N2O3S. The van der Waals surface area contributed by atoms with Gasteiger partial charge in [0.1, 0.15) is 0 Å². The molecular weight excluding hydrogens is 300 g/mol. The summed E-state index contributed by atoms with van der Waals surface area (Å²) in [5.74, 6) is -0.0757. The van der Waals surface area contributed by atoms with Gasteiger partial charge in [0.25, 0.3) is 5.91 Å². The van der Waals surface area contributed by atoms with Gasteiger partial charge in [0.05, 0.1) is 4.90 Å². The lowest BCUT2D eigenvalue weighted by atomic mass is 10.2. The number of nitrogens with zero attached hydrogens (tertiary/aromatic N) is 2. The van der Waals surface area contributed by atoms with Gasteiger partial charge in [-0.05, 0) is 44.5 Å². The monoisotopic (exact) mass is 326 g/mol. The van der Waals surface area contributed by atoms with Crippen LogP contribution in [-0.2, 0) is 10.0 Å². The maximum absolute atomic E-state index is 12.4. The number of carbonyl (C=O) groups is 1. The van der Waals surface area contributed by atoms with Crippen LogP contribution in [-0.4, -0.2) is 50.2 Å². The van der Waals surface area contributed by atoms with Crippen LogP contribution >= 0.6 is 0 Å². The maximum Gasteiger partial charge on any atom is 0.253 e. The third-order valence-electron chi connectivity index (χ3n) is 3.69. The van der Waals surface area contributed by atoms with Gasteiger partial charge in [-0.15, -0.1) is 0 Å². The summed E-state index contributed by atoms with van der Waals surface area (Å²) in [5.41, 5.74) is 0.513. The molecule has 0 fully saturated rings. The molecule has 0 heterocycles. The Labute approximate surface area is 134 Å². The van der Waals surface area contributed by atoms with Crippen LogP contribution < -0.4 is 0 Å². The third kappa shape index (κ3) is 4.30. The molecule has 1 aromatic carbocycles. The molecule has 0 aliphatic carbocycles. The van der Waals surface area contributed by atoms with Gasteiger partial charge in [-0.2, -0.15) is 0 Å². The average Bonchev–Trinajstić information content (AvgIpc) is 2.53. The number of rotatable bonds is 8. The van der Waals surface area contributed by atoms with Gasteiger partial charge in [-0.25, -0.2) is 12.7 Å². The first kappa shape index (κ1) is 18.6. The number of benzene rings is 1. The van der Waals surface area contributed by atoms with Crippen LogP contribution in [0.15, 0.2) is 29.2 Å². The van der Waals surface area contributed by atoms with Crippen LogP contribution in [0, 0.1) is 0 Å². The molecule has 0 saturated heterocycles. The predicted molar refractivity (Wildman–Crippen MR) is 88.4 cm³/mol. The summed E-state index contributed by atoms with van der Waals surface area (Å²) in [4.78, 5) is 14.1. The van der Waals surface area contributed by atoms with Crippen molar-refractivity contribution in [2.45, 2.75) is 38.5 Å². The van der Waals surface area contributed by atoms with Crippen molar-refractivity contribution in [2.24, 2.45) is 0 Å². The molecule has 0 aromatic heterocycles. The predicted octanol–water partition coefficient (Wildman–Crippen LogP) is 2.59. The second-order valence-corrected chi connectivity index (χ2v) is 7.23. The Balaban J connectivity index is 2.95. The van der Waals surface area contributed by atoms with E-state index in [4.69, 9.17) is 0 Å². The van der Waals surface area contributed by atoms with Crippen molar-refractivity contribution in [3.05, 3.63) is 29.8 Å². The standard InChI is InChI=1S/C16H26N2O3S/c1-5-8-13-17(4)22(20,21)15-11-9-14(10-12-15)16(19)18(6-2)7-3/h9-12H,5-8,13H2,1-4H3. The number of hydrogen-bond acceptors (Lipinski definition) is 3. The minimum Gasteiger partial charge on any atom is -0.339 e. The summed E-state index contributed by atoms with van der Waals surface area (Å²) in [6.07, 6.45) is 1.77. The van der Waals surface area contributed by atoms with Gasteiger partial charge in [0.2, 0.25) is 10.0 Å². The van der Waals surface area contributed by atoms with Crippen molar-refractivity contribution in [3.8, 4) is 0 Å². The summed E-state index contributed by atoms with van der Waals surface area (Å²) in [5, 5.41) is 0. The zero-order valence-corrected chi connectivity index (χ0v) is 14.7. The molecule has 0 N–H and O–H groups in total. The SMILES string of the molecule is CCCCN(C)S(=O)(=O)c1ccc(C(=O)N(CC)CC)cc1. The third-order valence-corrected chi connectivity index (χ3v) is 5.56. The molecule has 0 spiro atoms. The smallest absolute Gasteiger partial charge is 0.253 e. The molecule has 1 aromatic rings. The molecule has 22 heavy (non-hydrogen) atoms. The van der Waals surface area contributed by atoms with Crippen LogP contribution in [0.5, 0.6) is 0 Å². The van der Waals surface area contributed by atoms with E-state index in [0.29, 0.717) is 25.2 Å². The summed E-state index contributed by atoms with van der Waals surface area (Å²) in [7, 11) is -1.89. The number of hydrogen-bond donors (Lipinski definition) is 0. The highest BCUT2D eigenvalue weighted by Gasteiger charge is 2.21. The van der Waals surface area contributed by atoms with E-state index in [9.17, 15) is 13.2 Å². The molecule has 0 aliphatic heterocycles. The van der Waals surface area contributed by atoms with Gasteiger partial charge in [-0.3, -0.25) is 4.79 Å². The molecule has 0 saturated carbocycles. The second kappa shape index (κ2) is 8.29. The Bertz CT molecular complexity index is 578. The van der Waals surface area contributed by atoms with E-state index >= 15 is 0 Å². The highest BCUT2D eigenvalue weighted by molar-refractivity contribution is 7.89. The van der Waals surface area contributed by atoms with Crippen LogP contribution in [0.3, 0.4) is 0 Å². The minimum atomic E-state index is -3.48. The largest absolute Gasteiger partial charge is 0.339 e. The van der Waals surface area contributed by atoms with Crippen LogP contribution in [0.25, 0.3) is 0 Å². The fraction of sp³-hybridized carbons (Fsp3) is 0.562. The zero-order chi connectivity index (χ0) is 16.8. The fourth-order valence-corrected chi connectivity index (χ4v) is 3.35. The van der Waals surface area contributed by atoms with Crippen molar-refractivity contribution in [1.82, 2.24) is 9.21 Å². The lowest BCUT2D eigenvalue weighted by Gasteiger charge is -2.19. The highest BCUT2D eigenvalue weighted by Crippen LogP contribution is 2.16. The minimum absolute atomic E-state index is 0.0757. The van der Waals surface area contributed by atoms with Crippen molar-refractivity contribution in [1.29, 1.82) is 0 Å². The Morgan fingerprint density at radius 2 is 1.59 bits per heavy atom. The number of unbranched alkanes of at least 4 members (excludes halogenated alkanes) is 1. The van der Waals surface area contributed by atoms with Gasteiger partial charge in [-0.1, -0.05) is 13.3 Å². The first-order valence-electron chi connectivity index (χ1n) is 7.74. The average molecular weight is 326 g/mol. The molecule has 5 nitrogen and oxygen atoms in total. The molecule has 0 unspecified atom stereocenters. The van der Waals surface area contributed by atoms with Gasteiger partial charge in [0, 0.05) is 32.2 Å². The molecule has 0 bridgehead atoms. The van der Waals surface area contributed by atoms with Gasteiger partial charge >= 0.3 is 0 Å². The molecule has 1 rings (SSSR count). The van der Waals surface area contributed by atoms with E-state index in [-0.39, 0.29) is 10.8 Å². The summed E-state index contributed by atoms with van der Waals surface area (Å²) >= 11 is 0. The molecule has 124 valence electrons. The lowest BCUT2D eigenvalue weighted by molar-refractivity contribution is 0.0773. The highest BCUT2D eigenvalue weighted by atomic mass is 32.2. The lowest BCUT2D eigenvalue weighted by Crippen LogP contribution is -2.30. The van der Waals surface area contributed by atoms with Crippen molar-refractivity contribution < 1.29 is 13.2 Å². The van der Waals surface area contributed by atoms with E-state index in [1.807, 2.05) is 20.8 Å². The topological polar surface area (TPSA) is 57.7 Å². The number of sulfonamides is 1. The maximum atomic E-state index is 12.4. The summed E-state index contributed by atoms with van der Waals surface area (Å²) in [6, 6.07) is 6.19. The first-order valence-corrected chi connectivity index (χ1v) is 9.18. The molecule has 0 radical (unpaired) electrons. The van der Waals surface area contributed by atoms with Crippen LogP contribution in [0.1, 0.15) is 44.0 Å². The summed E-state index contributed by atoms with van der Waals surface area (Å²) < 4.78 is 26.2. The van der Waals surface area contributed by atoms with Crippen molar-refractivity contribution >= 4 is 15.9 Å². The number of carbonyl (C=O) groups excluding carboxylic acids is 1. The summed E-state index contributed by atoms with van der Waals surface area (Å²) in [6.45, 7) is 7.63. The van der Waals surface area contributed by atoms with E-state index in [2.05, 4.69) is 0 Å². The number of amides is 1. The Hall–Kier alpha value is -1.40. The van der Waals surface area contributed by atoms with Crippen LogP contribution in [0.2, 0.25) is 0 Å². The normalized spacial score (nSPS) is 11.7. The Morgan fingerprint density at radius 1 is 1.05 bits per heavy atom. The first-order chi connectivity index (χ1) is 10.4. The Morgan fingerprint density at radius 3 is 2.05 bits per heavy atom. The van der Waals surface area contributed by atoms with Crippen molar-refractivity contribution in [3.63, 3.8) is 0 Å². The van der Waals surface area contributed by atoms with Crippen LogP contribution in [0.4, 0.5) is 0 Å². The fourth-order valence-electron chi connectivity index (χ4n) is 2.14. The zero-order valence-electron chi connectivity index (χ0n) is 13.9. The Kier molecular flexibility index (Phi) is 7.03. The molecule has 1 amide bonds. The van der Waals surface area contributed by atoms with E-state index in [1.165, 1.54) is 16.4 Å². The van der Waals surface area contributed by atoms with E-state index in [1.54, 1.807) is 24.1 Å². The quantitative estimate of drug-likeness (QED) is 0.738. The molecule has 0 atom stereocenters. The van der Waals surface area contributed by atoms with Crippen molar-refractivity contribution in [2.75, 3.05) is 26.7 Å². The second-order valence-electron chi connectivity index (χ2n) is 5.18. The molecule has 6 heteroatoms. The van der Waals surface area contributed by atoms with Gasteiger partial charge < -0.3 is 4.90 Å². The van der Waals surface area contributed by atoms with E-state index in [0.717, 1.165) is 12.8 Å².